The molecular formula is C10H11Br2NO2. The highest BCUT2D eigenvalue weighted by atomic mass is 79.9. The summed E-state index contributed by atoms with van der Waals surface area (Å²) in [6.45, 7) is 0.489. The van der Waals surface area contributed by atoms with Crippen molar-refractivity contribution >= 4 is 43.5 Å². The summed E-state index contributed by atoms with van der Waals surface area (Å²) in [7, 11) is 1.37. The molecule has 0 saturated heterocycles. The van der Waals surface area contributed by atoms with Gasteiger partial charge in [-0.05, 0) is 18.2 Å². The fourth-order valence-electron chi connectivity index (χ4n) is 1.02. The van der Waals surface area contributed by atoms with Crippen LogP contribution in [-0.2, 0) is 9.53 Å². The molecule has 0 aliphatic rings. The zero-order valence-electron chi connectivity index (χ0n) is 8.17. The predicted molar refractivity (Wildman–Crippen MR) is 67.4 cm³/mol. The minimum Gasteiger partial charge on any atom is -0.468 e. The van der Waals surface area contributed by atoms with Crippen molar-refractivity contribution in [3.05, 3.63) is 28.7 Å². The lowest BCUT2D eigenvalue weighted by Crippen LogP contribution is -2.24. The summed E-state index contributed by atoms with van der Waals surface area (Å²) >= 11 is 6.60. The molecule has 0 aliphatic heterocycles. The number of carbonyl (C=O) groups excluding carboxylic acids is 1. The molecule has 82 valence electrons. The van der Waals surface area contributed by atoms with Crippen LogP contribution < -0.4 is 5.32 Å². The Morgan fingerprint density at radius 1 is 1.60 bits per heavy atom. The number of esters is 1. The van der Waals surface area contributed by atoms with Crippen LogP contribution in [0.3, 0.4) is 0 Å². The van der Waals surface area contributed by atoms with Gasteiger partial charge in [0.25, 0.3) is 0 Å². The van der Waals surface area contributed by atoms with E-state index in [1.165, 1.54) is 7.11 Å². The van der Waals surface area contributed by atoms with E-state index in [2.05, 4.69) is 41.9 Å². The van der Waals surface area contributed by atoms with Gasteiger partial charge in [0.05, 0.1) is 7.11 Å². The zero-order chi connectivity index (χ0) is 11.3. The Morgan fingerprint density at radius 2 is 2.33 bits per heavy atom. The van der Waals surface area contributed by atoms with Crippen LogP contribution in [0.15, 0.2) is 28.7 Å². The number of hydrogen-bond acceptors (Lipinski definition) is 3. The smallest absolute Gasteiger partial charge is 0.321 e. The first-order valence-corrected chi connectivity index (χ1v) is 6.05. The number of hydrogen-bond donors (Lipinski definition) is 1. The summed E-state index contributed by atoms with van der Waals surface area (Å²) in [6, 6.07) is 7.74. The first-order chi connectivity index (χ1) is 7.13. The van der Waals surface area contributed by atoms with Gasteiger partial charge in [-0.3, -0.25) is 4.79 Å². The van der Waals surface area contributed by atoms with E-state index in [0.717, 1.165) is 10.2 Å². The van der Waals surface area contributed by atoms with Gasteiger partial charge in [0.1, 0.15) is 4.83 Å². The number of rotatable bonds is 4. The first kappa shape index (κ1) is 12.5. The van der Waals surface area contributed by atoms with E-state index >= 15 is 0 Å². The molecule has 1 atom stereocenters. The van der Waals surface area contributed by atoms with E-state index in [4.69, 9.17) is 0 Å². The maximum absolute atomic E-state index is 11.1. The van der Waals surface area contributed by atoms with Crippen LogP contribution in [0.4, 0.5) is 5.69 Å². The van der Waals surface area contributed by atoms with Gasteiger partial charge in [-0.1, -0.05) is 37.9 Å². The molecule has 1 rings (SSSR count). The molecule has 5 heteroatoms. The lowest BCUT2D eigenvalue weighted by Gasteiger charge is -2.10. The summed E-state index contributed by atoms with van der Waals surface area (Å²) in [5, 5.41) is 3.12. The molecule has 0 bridgehead atoms. The maximum Gasteiger partial charge on any atom is 0.321 e. The normalized spacial score (nSPS) is 11.9. The van der Waals surface area contributed by atoms with Crippen LogP contribution in [0, 0.1) is 0 Å². The number of carbonyl (C=O) groups is 1. The van der Waals surface area contributed by atoms with Crippen molar-refractivity contribution in [3.8, 4) is 0 Å². The van der Waals surface area contributed by atoms with E-state index in [1.54, 1.807) is 0 Å². The third-order valence-electron chi connectivity index (χ3n) is 1.77. The summed E-state index contributed by atoms with van der Waals surface area (Å²) < 4.78 is 5.59. The molecule has 0 saturated carbocycles. The van der Waals surface area contributed by atoms with Crippen molar-refractivity contribution in [2.75, 3.05) is 19.0 Å². The third-order valence-corrected chi connectivity index (χ3v) is 2.96. The number of benzene rings is 1. The summed E-state index contributed by atoms with van der Waals surface area (Å²) in [6.07, 6.45) is 0. The van der Waals surface area contributed by atoms with E-state index in [1.807, 2.05) is 24.3 Å². The molecular weight excluding hydrogens is 326 g/mol. The maximum atomic E-state index is 11.1. The van der Waals surface area contributed by atoms with Gasteiger partial charge in [0.15, 0.2) is 0 Å². The summed E-state index contributed by atoms with van der Waals surface area (Å²) in [5.74, 6) is -0.280. The zero-order valence-corrected chi connectivity index (χ0v) is 11.3. The van der Waals surface area contributed by atoms with Crippen LogP contribution in [0.1, 0.15) is 0 Å². The Labute approximate surface area is 105 Å². The average molecular weight is 337 g/mol. The molecule has 0 amide bonds. The molecule has 0 spiro atoms. The number of methoxy groups -OCH3 is 1. The molecule has 0 fully saturated rings. The fraction of sp³-hybridized carbons (Fsp3) is 0.300. The predicted octanol–water partition coefficient (Wildman–Crippen LogP) is 2.80. The van der Waals surface area contributed by atoms with Gasteiger partial charge in [-0.2, -0.15) is 0 Å². The Kier molecular flexibility index (Phi) is 5.11. The molecule has 0 aromatic heterocycles. The highest BCUT2D eigenvalue weighted by molar-refractivity contribution is 9.10. The van der Waals surface area contributed by atoms with Crippen molar-refractivity contribution in [1.29, 1.82) is 0 Å². The van der Waals surface area contributed by atoms with Crippen LogP contribution >= 0.6 is 31.9 Å². The largest absolute Gasteiger partial charge is 0.468 e. The molecule has 0 aliphatic carbocycles. The molecule has 3 nitrogen and oxygen atoms in total. The van der Waals surface area contributed by atoms with Crippen LogP contribution in [0.2, 0.25) is 0 Å². The second-order valence-corrected chi connectivity index (χ2v) is 4.90. The molecule has 1 aromatic rings. The highest BCUT2D eigenvalue weighted by Gasteiger charge is 2.14. The van der Waals surface area contributed by atoms with Crippen LogP contribution in [0.25, 0.3) is 0 Å². The summed E-state index contributed by atoms with van der Waals surface area (Å²) in [5.41, 5.74) is 0.956. The summed E-state index contributed by atoms with van der Waals surface area (Å²) in [4.78, 5) is 10.7. The number of nitrogens with one attached hydrogen (secondary N) is 1. The quantitative estimate of drug-likeness (QED) is 0.678. The monoisotopic (exact) mass is 335 g/mol. The minimum atomic E-state index is -0.332. The molecule has 0 radical (unpaired) electrons. The van der Waals surface area contributed by atoms with E-state index < -0.39 is 0 Å². The van der Waals surface area contributed by atoms with Gasteiger partial charge < -0.3 is 10.1 Å². The Balaban J connectivity index is 2.47. The lowest BCUT2D eigenvalue weighted by molar-refractivity contribution is -0.139. The molecule has 15 heavy (non-hydrogen) atoms. The number of ether oxygens (including phenoxy) is 1. The molecule has 1 N–H and O–H groups in total. The molecule has 0 heterocycles. The molecule has 1 unspecified atom stereocenters. The highest BCUT2D eigenvalue weighted by Crippen LogP contribution is 2.16. The Hall–Kier alpha value is -0.550. The standard InChI is InChI=1S/C10H11Br2NO2/c1-15-10(14)9(12)6-13-8-4-2-3-7(11)5-8/h2-5,9,13H,6H2,1H3. The topological polar surface area (TPSA) is 38.3 Å². The van der Waals surface area contributed by atoms with E-state index in [9.17, 15) is 4.79 Å². The first-order valence-electron chi connectivity index (χ1n) is 4.35. The number of anilines is 1. The fourth-order valence-corrected chi connectivity index (χ4v) is 1.77. The third kappa shape index (κ3) is 4.22. The van der Waals surface area contributed by atoms with Crippen molar-refractivity contribution in [2.24, 2.45) is 0 Å². The van der Waals surface area contributed by atoms with Crippen molar-refractivity contribution in [3.63, 3.8) is 0 Å². The number of alkyl halides is 1. The van der Waals surface area contributed by atoms with Gasteiger partial charge in [0.2, 0.25) is 0 Å². The second-order valence-electron chi connectivity index (χ2n) is 2.88. The SMILES string of the molecule is COC(=O)C(Br)CNc1cccc(Br)c1. The minimum absolute atomic E-state index is 0.280. The van der Waals surface area contributed by atoms with Gasteiger partial charge in [-0.15, -0.1) is 0 Å². The van der Waals surface area contributed by atoms with Crippen molar-refractivity contribution in [2.45, 2.75) is 4.83 Å². The van der Waals surface area contributed by atoms with E-state index in [-0.39, 0.29) is 10.8 Å². The van der Waals surface area contributed by atoms with Gasteiger partial charge in [-0.25, -0.2) is 0 Å². The molecule has 1 aromatic carbocycles. The Morgan fingerprint density at radius 3 is 2.93 bits per heavy atom. The van der Waals surface area contributed by atoms with E-state index in [0.29, 0.717) is 6.54 Å². The van der Waals surface area contributed by atoms with Crippen LogP contribution in [0.5, 0.6) is 0 Å². The van der Waals surface area contributed by atoms with Crippen molar-refractivity contribution < 1.29 is 9.53 Å². The number of halogens is 2. The van der Waals surface area contributed by atoms with Gasteiger partial charge >= 0.3 is 5.97 Å². The van der Waals surface area contributed by atoms with Gasteiger partial charge in [0, 0.05) is 16.7 Å². The second kappa shape index (κ2) is 6.12. The Bertz CT molecular complexity index is 344. The van der Waals surface area contributed by atoms with Crippen LogP contribution in [-0.4, -0.2) is 24.5 Å². The average Bonchev–Trinajstić information content (AvgIpc) is 2.25. The van der Waals surface area contributed by atoms with Crippen molar-refractivity contribution in [1.82, 2.24) is 0 Å². The lowest BCUT2D eigenvalue weighted by atomic mass is 10.3.